The Morgan fingerprint density at radius 1 is 1.14 bits per heavy atom. The lowest BCUT2D eigenvalue weighted by atomic mass is 9.90. The van der Waals surface area contributed by atoms with Crippen molar-refractivity contribution in [2.45, 2.75) is 51.9 Å². The summed E-state index contributed by atoms with van der Waals surface area (Å²) in [4.78, 5) is 17.2. The Labute approximate surface area is 131 Å². The normalized spacial score (nSPS) is 16.1. The third-order valence-electron chi connectivity index (χ3n) is 3.73. The van der Waals surface area contributed by atoms with Gasteiger partial charge in [0.05, 0.1) is 10.7 Å². The minimum Gasteiger partial charge on any atom is -0.296 e. The molecule has 7 heteroatoms. The molecule has 1 amide bonds. The van der Waals surface area contributed by atoms with Gasteiger partial charge in [-0.05, 0) is 26.7 Å². The summed E-state index contributed by atoms with van der Waals surface area (Å²) >= 11 is 2.91. The Hall–Kier alpha value is -1.34. The Kier molecular flexibility index (Phi) is 4.30. The first-order valence-electron chi connectivity index (χ1n) is 7.22. The predicted molar refractivity (Wildman–Crippen MR) is 85.3 cm³/mol. The van der Waals surface area contributed by atoms with E-state index in [1.807, 2.05) is 13.8 Å². The highest BCUT2D eigenvalue weighted by Gasteiger charge is 2.21. The molecule has 1 N–H and O–H groups in total. The predicted octanol–water partition coefficient (Wildman–Crippen LogP) is 3.91. The molecule has 1 saturated carbocycles. The minimum atomic E-state index is -0.135. The standard InChI is InChI=1S/C14H18N4OS2/c1-8-11(20-9(2)15-8)12(19)16-14-18-17-13(21-14)10-6-4-3-5-7-10/h10H,3-7H2,1-2H3,(H,16,18,19). The van der Waals surface area contributed by atoms with E-state index in [-0.39, 0.29) is 5.91 Å². The van der Waals surface area contributed by atoms with Crippen LogP contribution >= 0.6 is 22.7 Å². The molecule has 0 aliphatic heterocycles. The van der Waals surface area contributed by atoms with Crippen molar-refractivity contribution >= 4 is 33.7 Å². The molecular weight excluding hydrogens is 304 g/mol. The molecule has 5 nitrogen and oxygen atoms in total. The number of carbonyl (C=O) groups is 1. The first-order chi connectivity index (χ1) is 10.1. The van der Waals surface area contributed by atoms with Gasteiger partial charge in [0, 0.05) is 5.92 Å². The van der Waals surface area contributed by atoms with Crippen LogP contribution in [0.4, 0.5) is 5.13 Å². The number of rotatable bonds is 3. The maximum Gasteiger partial charge on any atom is 0.269 e. The monoisotopic (exact) mass is 322 g/mol. The summed E-state index contributed by atoms with van der Waals surface area (Å²) in [5, 5.41) is 13.8. The number of aryl methyl sites for hydroxylation is 2. The van der Waals surface area contributed by atoms with Crippen molar-refractivity contribution in [1.29, 1.82) is 0 Å². The van der Waals surface area contributed by atoms with Gasteiger partial charge >= 0.3 is 0 Å². The summed E-state index contributed by atoms with van der Waals surface area (Å²) in [7, 11) is 0. The van der Waals surface area contributed by atoms with Gasteiger partial charge in [-0.1, -0.05) is 30.6 Å². The Morgan fingerprint density at radius 2 is 1.90 bits per heavy atom. The zero-order valence-electron chi connectivity index (χ0n) is 12.2. The van der Waals surface area contributed by atoms with Crippen molar-refractivity contribution < 1.29 is 4.79 Å². The lowest BCUT2D eigenvalue weighted by Gasteiger charge is -2.18. The number of aromatic nitrogens is 3. The largest absolute Gasteiger partial charge is 0.296 e. The molecule has 2 heterocycles. The van der Waals surface area contributed by atoms with Crippen LogP contribution in [0.25, 0.3) is 0 Å². The molecule has 1 aliphatic carbocycles. The fourth-order valence-electron chi connectivity index (χ4n) is 2.70. The van der Waals surface area contributed by atoms with E-state index in [4.69, 9.17) is 0 Å². The molecule has 0 unspecified atom stereocenters. The molecule has 0 bridgehead atoms. The van der Waals surface area contributed by atoms with Gasteiger partial charge in [-0.3, -0.25) is 10.1 Å². The van der Waals surface area contributed by atoms with Gasteiger partial charge in [0.15, 0.2) is 0 Å². The quantitative estimate of drug-likeness (QED) is 0.930. The summed E-state index contributed by atoms with van der Waals surface area (Å²) in [6, 6.07) is 0. The van der Waals surface area contributed by atoms with E-state index in [0.29, 0.717) is 15.9 Å². The van der Waals surface area contributed by atoms with Crippen LogP contribution < -0.4 is 5.32 Å². The molecule has 112 valence electrons. The first-order valence-corrected chi connectivity index (χ1v) is 8.85. The molecule has 1 fully saturated rings. The zero-order valence-corrected chi connectivity index (χ0v) is 13.8. The molecule has 2 aromatic heterocycles. The van der Waals surface area contributed by atoms with Crippen LogP contribution in [0, 0.1) is 13.8 Å². The lowest BCUT2D eigenvalue weighted by Crippen LogP contribution is -2.11. The fraction of sp³-hybridized carbons (Fsp3) is 0.571. The van der Waals surface area contributed by atoms with E-state index in [1.165, 1.54) is 54.8 Å². The Balaban J connectivity index is 1.69. The highest BCUT2D eigenvalue weighted by molar-refractivity contribution is 7.16. The number of anilines is 1. The zero-order chi connectivity index (χ0) is 14.8. The second kappa shape index (κ2) is 6.19. The Morgan fingerprint density at radius 3 is 2.57 bits per heavy atom. The van der Waals surface area contributed by atoms with Crippen molar-refractivity contribution in [2.24, 2.45) is 0 Å². The number of hydrogen-bond donors (Lipinski definition) is 1. The van der Waals surface area contributed by atoms with E-state index in [9.17, 15) is 4.79 Å². The van der Waals surface area contributed by atoms with Gasteiger partial charge in [0.25, 0.3) is 5.91 Å². The topological polar surface area (TPSA) is 67.8 Å². The second-order valence-electron chi connectivity index (χ2n) is 5.38. The highest BCUT2D eigenvalue weighted by Crippen LogP contribution is 2.35. The van der Waals surface area contributed by atoms with Gasteiger partial charge < -0.3 is 0 Å². The van der Waals surface area contributed by atoms with Gasteiger partial charge in [0.1, 0.15) is 9.88 Å². The number of nitrogens with one attached hydrogen (secondary N) is 1. The molecule has 2 aromatic rings. The van der Waals surface area contributed by atoms with Crippen LogP contribution in [0.2, 0.25) is 0 Å². The minimum absolute atomic E-state index is 0.135. The molecule has 0 radical (unpaired) electrons. The van der Waals surface area contributed by atoms with Crippen LogP contribution in [-0.4, -0.2) is 21.1 Å². The number of thiazole rings is 1. The van der Waals surface area contributed by atoms with Crippen molar-refractivity contribution in [2.75, 3.05) is 5.32 Å². The van der Waals surface area contributed by atoms with Crippen molar-refractivity contribution in [3.63, 3.8) is 0 Å². The fourth-order valence-corrected chi connectivity index (χ4v) is 4.42. The molecular formula is C14H18N4OS2. The maximum absolute atomic E-state index is 12.2. The molecule has 0 saturated heterocycles. The summed E-state index contributed by atoms with van der Waals surface area (Å²) < 4.78 is 0. The molecule has 0 spiro atoms. The van der Waals surface area contributed by atoms with Crippen molar-refractivity contribution in [1.82, 2.24) is 15.2 Å². The SMILES string of the molecule is Cc1nc(C)c(C(=O)Nc2nnc(C3CCCCC3)s2)s1. The summed E-state index contributed by atoms with van der Waals surface area (Å²) in [5.74, 6) is 0.388. The van der Waals surface area contributed by atoms with E-state index in [2.05, 4.69) is 20.5 Å². The maximum atomic E-state index is 12.2. The highest BCUT2D eigenvalue weighted by atomic mass is 32.1. The first kappa shape index (κ1) is 14.6. The lowest BCUT2D eigenvalue weighted by molar-refractivity contribution is 0.102. The number of hydrogen-bond acceptors (Lipinski definition) is 6. The Bertz CT molecular complexity index is 643. The number of carbonyl (C=O) groups excluding carboxylic acids is 1. The van der Waals surface area contributed by atoms with Gasteiger partial charge in [-0.25, -0.2) is 4.98 Å². The average Bonchev–Trinajstić information content (AvgIpc) is 3.06. The third kappa shape index (κ3) is 3.29. The van der Waals surface area contributed by atoms with Crippen molar-refractivity contribution in [3.8, 4) is 0 Å². The molecule has 1 aliphatic rings. The second-order valence-corrected chi connectivity index (χ2v) is 7.59. The summed E-state index contributed by atoms with van der Waals surface area (Å²) in [6.45, 7) is 3.76. The third-order valence-corrected chi connectivity index (χ3v) is 5.80. The van der Waals surface area contributed by atoms with E-state index in [1.54, 1.807) is 0 Å². The molecule has 21 heavy (non-hydrogen) atoms. The average molecular weight is 322 g/mol. The van der Waals surface area contributed by atoms with E-state index in [0.717, 1.165) is 15.7 Å². The molecule has 0 atom stereocenters. The smallest absolute Gasteiger partial charge is 0.269 e. The number of amides is 1. The molecule has 0 aromatic carbocycles. The van der Waals surface area contributed by atoms with Crippen LogP contribution in [0.1, 0.15) is 63.4 Å². The van der Waals surface area contributed by atoms with E-state index < -0.39 is 0 Å². The van der Waals surface area contributed by atoms with Crippen LogP contribution in [0.5, 0.6) is 0 Å². The summed E-state index contributed by atoms with van der Waals surface area (Å²) in [6.07, 6.45) is 6.24. The number of nitrogens with zero attached hydrogens (tertiary/aromatic N) is 3. The molecule has 3 rings (SSSR count). The van der Waals surface area contributed by atoms with Gasteiger partial charge in [-0.15, -0.1) is 21.5 Å². The van der Waals surface area contributed by atoms with Gasteiger partial charge in [0.2, 0.25) is 5.13 Å². The van der Waals surface area contributed by atoms with Crippen LogP contribution in [0.15, 0.2) is 0 Å². The van der Waals surface area contributed by atoms with Crippen molar-refractivity contribution in [3.05, 3.63) is 20.6 Å². The van der Waals surface area contributed by atoms with Gasteiger partial charge in [-0.2, -0.15) is 0 Å². The van der Waals surface area contributed by atoms with Crippen LogP contribution in [-0.2, 0) is 0 Å². The summed E-state index contributed by atoms with van der Waals surface area (Å²) in [5.41, 5.74) is 0.770. The van der Waals surface area contributed by atoms with Crippen LogP contribution in [0.3, 0.4) is 0 Å². The van der Waals surface area contributed by atoms with E-state index >= 15 is 0 Å².